The van der Waals surface area contributed by atoms with Gasteiger partial charge < -0.3 is 9.47 Å². The maximum atomic E-state index is 13.4. The summed E-state index contributed by atoms with van der Waals surface area (Å²) in [6, 6.07) is 4.94. The molecule has 0 radical (unpaired) electrons. The van der Waals surface area contributed by atoms with Crippen LogP contribution in [0.25, 0.3) is 10.2 Å². The van der Waals surface area contributed by atoms with E-state index in [2.05, 4.69) is 4.98 Å². The summed E-state index contributed by atoms with van der Waals surface area (Å²) in [6.07, 6.45) is 2.03. The summed E-state index contributed by atoms with van der Waals surface area (Å²) in [6.45, 7) is 6.65. The minimum Gasteiger partial charge on any atom is -0.307 e. The molecule has 0 atom stereocenters. The number of nitrogens with zero attached hydrogens (tertiary/aromatic N) is 4. The van der Waals surface area contributed by atoms with Crippen LogP contribution in [-0.2, 0) is 23.5 Å². The molecule has 1 amide bonds. The topological polar surface area (TPSA) is 92.6 Å². The Labute approximate surface area is 184 Å². The van der Waals surface area contributed by atoms with E-state index in [1.807, 2.05) is 13.8 Å². The van der Waals surface area contributed by atoms with Gasteiger partial charge in [0.2, 0.25) is 10.0 Å². The lowest BCUT2D eigenvalue weighted by atomic mass is 10.1. The van der Waals surface area contributed by atoms with Gasteiger partial charge in [0.1, 0.15) is 4.83 Å². The van der Waals surface area contributed by atoms with E-state index in [1.54, 1.807) is 37.1 Å². The lowest BCUT2D eigenvalue weighted by molar-refractivity contribution is 0.0993. The van der Waals surface area contributed by atoms with Crippen molar-refractivity contribution in [2.45, 2.75) is 32.1 Å². The summed E-state index contributed by atoms with van der Waals surface area (Å²) in [7, 11) is -1.93. The lowest BCUT2D eigenvalue weighted by Gasteiger charge is -2.20. The van der Waals surface area contributed by atoms with E-state index in [9.17, 15) is 18.0 Å². The summed E-state index contributed by atoms with van der Waals surface area (Å²) >= 11 is 1.22. The molecule has 10 heteroatoms. The number of aryl methyl sites for hydroxylation is 2. The maximum absolute atomic E-state index is 13.4. The van der Waals surface area contributed by atoms with Gasteiger partial charge in [-0.3, -0.25) is 9.59 Å². The number of amides is 1. The van der Waals surface area contributed by atoms with Gasteiger partial charge in [0.05, 0.1) is 21.5 Å². The number of thiophene rings is 1. The Kier molecular flexibility index (Phi) is 5.48. The third-order valence-electron chi connectivity index (χ3n) is 5.74. The van der Waals surface area contributed by atoms with E-state index in [-0.39, 0.29) is 16.4 Å². The molecule has 0 N–H and O–H groups in total. The molecule has 0 bridgehead atoms. The SMILES string of the molecule is CCN(CC)S(=O)(=O)c1ccc2c(c1)CCN2C(=O)c1sc2ncn(C)c(=O)c2c1C. The Bertz CT molecular complexity index is 1350. The molecule has 164 valence electrons. The van der Waals surface area contributed by atoms with Crippen LogP contribution in [0.1, 0.15) is 34.6 Å². The van der Waals surface area contributed by atoms with Crippen LogP contribution >= 0.6 is 11.3 Å². The van der Waals surface area contributed by atoms with Gasteiger partial charge in [0.15, 0.2) is 0 Å². The van der Waals surface area contributed by atoms with Gasteiger partial charge in [0, 0.05) is 32.4 Å². The van der Waals surface area contributed by atoms with E-state index in [4.69, 9.17) is 0 Å². The van der Waals surface area contributed by atoms with E-state index in [0.717, 1.165) is 5.56 Å². The van der Waals surface area contributed by atoms with E-state index >= 15 is 0 Å². The summed E-state index contributed by atoms with van der Waals surface area (Å²) in [5.74, 6) is -0.194. The predicted molar refractivity (Wildman–Crippen MR) is 122 cm³/mol. The molecule has 0 unspecified atom stereocenters. The number of carbonyl (C=O) groups excluding carboxylic acids is 1. The second-order valence-electron chi connectivity index (χ2n) is 7.48. The van der Waals surface area contributed by atoms with Crippen molar-refractivity contribution < 1.29 is 13.2 Å². The molecule has 1 aliphatic heterocycles. The van der Waals surface area contributed by atoms with Crippen LogP contribution in [0.3, 0.4) is 0 Å². The normalized spacial score (nSPS) is 13.9. The Morgan fingerprint density at radius 3 is 2.65 bits per heavy atom. The van der Waals surface area contributed by atoms with Crippen LogP contribution in [0.2, 0.25) is 0 Å². The van der Waals surface area contributed by atoms with Crippen molar-refractivity contribution in [1.29, 1.82) is 0 Å². The minimum absolute atomic E-state index is 0.175. The van der Waals surface area contributed by atoms with Crippen LogP contribution in [0.5, 0.6) is 0 Å². The van der Waals surface area contributed by atoms with Crippen molar-refractivity contribution in [2.75, 3.05) is 24.5 Å². The van der Waals surface area contributed by atoms with E-state index in [1.165, 1.54) is 26.5 Å². The number of hydrogen-bond donors (Lipinski definition) is 0. The molecule has 0 spiro atoms. The highest BCUT2D eigenvalue weighted by Gasteiger charge is 2.31. The predicted octanol–water partition coefficient (Wildman–Crippen LogP) is 2.54. The average molecular weight is 461 g/mol. The highest BCUT2D eigenvalue weighted by molar-refractivity contribution is 7.89. The van der Waals surface area contributed by atoms with Crippen LogP contribution in [0.15, 0.2) is 34.2 Å². The van der Waals surface area contributed by atoms with Crippen molar-refractivity contribution in [1.82, 2.24) is 13.9 Å². The number of sulfonamides is 1. The molecule has 1 aliphatic rings. The number of hydrogen-bond acceptors (Lipinski definition) is 6. The Morgan fingerprint density at radius 1 is 1.26 bits per heavy atom. The van der Waals surface area contributed by atoms with Gasteiger partial charge in [-0.2, -0.15) is 4.31 Å². The summed E-state index contributed by atoms with van der Waals surface area (Å²) in [4.78, 5) is 33.1. The van der Waals surface area contributed by atoms with Crippen LogP contribution in [-0.4, -0.2) is 47.8 Å². The van der Waals surface area contributed by atoms with Gasteiger partial charge in [-0.25, -0.2) is 13.4 Å². The first-order chi connectivity index (χ1) is 14.7. The molecule has 4 rings (SSSR count). The first kappa shape index (κ1) is 21.7. The van der Waals surface area contributed by atoms with Crippen LogP contribution in [0, 0.1) is 6.92 Å². The number of fused-ring (bicyclic) bond motifs is 2. The molecule has 0 aliphatic carbocycles. The van der Waals surface area contributed by atoms with Gasteiger partial charge >= 0.3 is 0 Å². The third kappa shape index (κ3) is 3.38. The second kappa shape index (κ2) is 7.85. The Hall–Kier alpha value is -2.56. The molecule has 3 aromatic rings. The first-order valence-electron chi connectivity index (χ1n) is 10.1. The Balaban J connectivity index is 1.72. The highest BCUT2D eigenvalue weighted by atomic mass is 32.2. The van der Waals surface area contributed by atoms with Crippen LogP contribution in [0.4, 0.5) is 5.69 Å². The summed E-state index contributed by atoms with van der Waals surface area (Å²) in [5, 5.41) is 0.471. The standard InChI is InChI=1S/C21H24N4O4S2/c1-5-24(6-2)31(28,29)15-7-8-16-14(11-15)9-10-25(16)21(27)18-13(3)17-19(30-18)22-12-23(4)20(17)26/h7-8,11-12H,5-6,9-10H2,1-4H3. The number of aromatic nitrogens is 2. The fourth-order valence-corrected chi connectivity index (χ4v) is 6.60. The molecule has 0 saturated heterocycles. The molecule has 0 fully saturated rings. The summed E-state index contributed by atoms with van der Waals surface area (Å²) in [5.41, 5.74) is 1.99. The molecule has 2 aromatic heterocycles. The van der Waals surface area contributed by atoms with Crippen molar-refractivity contribution in [3.05, 3.63) is 50.9 Å². The van der Waals surface area contributed by atoms with Crippen molar-refractivity contribution in [3.8, 4) is 0 Å². The first-order valence-corrected chi connectivity index (χ1v) is 12.4. The molecule has 31 heavy (non-hydrogen) atoms. The van der Waals surface area contributed by atoms with E-state index in [0.29, 0.717) is 52.4 Å². The van der Waals surface area contributed by atoms with Gasteiger partial charge in [-0.05, 0) is 42.7 Å². The monoisotopic (exact) mass is 460 g/mol. The van der Waals surface area contributed by atoms with E-state index < -0.39 is 10.0 Å². The summed E-state index contributed by atoms with van der Waals surface area (Å²) < 4.78 is 28.5. The van der Waals surface area contributed by atoms with Crippen LogP contribution < -0.4 is 10.5 Å². The van der Waals surface area contributed by atoms with Gasteiger partial charge in [0.25, 0.3) is 11.5 Å². The largest absolute Gasteiger partial charge is 0.307 e. The molecule has 0 saturated carbocycles. The zero-order valence-corrected chi connectivity index (χ0v) is 19.5. The maximum Gasteiger partial charge on any atom is 0.268 e. The fourth-order valence-electron chi connectivity index (χ4n) is 4.00. The smallest absolute Gasteiger partial charge is 0.268 e. The average Bonchev–Trinajstić information content (AvgIpc) is 3.32. The number of benzene rings is 1. The zero-order chi connectivity index (χ0) is 22.5. The Morgan fingerprint density at radius 2 is 1.97 bits per heavy atom. The number of carbonyl (C=O) groups is 1. The molecular weight excluding hydrogens is 436 g/mol. The lowest BCUT2D eigenvalue weighted by Crippen LogP contribution is -2.30. The highest BCUT2D eigenvalue weighted by Crippen LogP contribution is 2.35. The van der Waals surface area contributed by atoms with Gasteiger partial charge in [-0.1, -0.05) is 13.8 Å². The molecule has 3 heterocycles. The van der Waals surface area contributed by atoms with Crippen molar-refractivity contribution >= 4 is 43.2 Å². The number of anilines is 1. The fraction of sp³-hybridized carbons (Fsp3) is 0.381. The number of rotatable bonds is 5. The van der Waals surface area contributed by atoms with Gasteiger partial charge in [-0.15, -0.1) is 11.3 Å². The van der Waals surface area contributed by atoms with Crippen molar-refractivity contribution in [3.63, 3.8) is 0 Å². The van der Waals surface area contributed by atoms with Crippen molar-refractivity contribution in [2.24, 2.45) is 7.05 Å². The second-order valence-corrected chi connectivity index (χ2v) is 10.4. The minimum atomic E-state index is -3.56. The zero-order valence-electron chi connectivity index (χ0n) is 17.9. The molecule has 1 aromatic carbocycles. The quantitative estimate of drug-likeness (QED) is 0.583. The molecular formula is C21H24N4O4S2. The molecule has 8 nitrogen and oxygen atoms in total. The third-order valence-corrected chi connectivity index (χ3v) is 8.97.